The van der Waals surface area contributed by atoms with E-state index in [1.54, 1.807) is 0 Å². The molecule has 1 aliphatic rings. The molecule has 0 bridgehead atoms. The first-order valence-electron chi connectivity index (χ1n) is 5.84. The van der Waals surface area contributed by atoms with E-state index in [2.05, 4.69) is 25.8 Å². The van der Waals surface area contributed by atoms with E-state index in [-0.39, 0.29) is 17.2 Å². The second-order valence-corrected chi connectivity index (χ2v) is 4.63. The quantitative estimate of drug-likeness (QED) is 0.717. The largest absolute Gasteiger partial charge is 0.355 e. The van der Waals surface area contributed by atoms with E-state index in [9.17, 15) is 9.18 Å². The number of aryl methyl sites for hydroxylation is 1. The van der Waals surface area contributed by atoms with Gasteiger partial charge in [-0.15, -0.1) is 5.10 Å². The zero-order chi connectivity index (χ0) is 13.0. The lowest BCUT2D eigenvalue weighted by Crippen LogP contribution is -2.37. The average molecular weight is 276 g/mol. The highest BCUT2D eigenvalue weighted by Crippen LogP contribution is 2.08. The van der Waals surface area contributed by atoms with E-state index in [1.807, 2.05) is 0 Å². The molecular formula is C10H15ClFN5O. The third-order valence-corrected chi connectivity index (χ3v) is 2.98. The highest BCUT2D eigenvalue weighted by Gasteiger charge is 2.23. The van der Waals surface area contributed by atoms with E-state index in [0.717, 1.165) is 0 Å². The summed E-state index contributed by atoms with van der Waals surface area (Å²) in [7, 11) is 0. The molecule has 3 N–H and O–H groups in total. The fourth-order valence-electron chi connectivity index (χ4n) is 1.87. The fourth-order valence-corrected chi connectivity index (χ4v) is 2.01. The molecule has 0 aliphatic carbocycles. The molecule has 1 aromatic heterocycles. The van der Waals surface area contributed by atoms with Crippen molar-refractivity contribution in [3.05, 3.63) is 11.1 Å². The van der Waals surface area contributed by atoms with Gasteiger partial charge in [0.05, 0.1) is 0 Å². The van der Waals surface area contributed by atoms with E-state index in [4.69, 9.17) is 11.6 Å². The molecule has 1 aliphatic heterocycles. The predicted octanol–water partition coefficient (Wildman–Crippen LogP) is 0.207. The van der Waals surface area contributed by atoms with Crippen molar-refractivity contribution in [1.82, 2.24) is 25.8 Å². The highest BCUT2D eigenvalue weighted by atomic mass is 35.5. The fraction of sp³-hybridized carbons (Fsp3) is 0.700. The summed E-state index contributed by atoms with van der Waals surface area (Å²) in [5.74, 6) is 0.490. The molecule has 1 saturated heterocycles. The van der Waals surface area contributed by atoms with E-state index < -0.39 is 6.17 Å². The molecule has 100 valence electrons. The monoisotopic (exact) mass is 275 g/mol. The molecule has 1 fully saturated rings. The lowest BCUT2D eigenvalue weighted by molar-refractivity contribution is -0.121. The van der Waals surface area contributed by atoms with Gasteiger partial charge in [-0.25, -0.2) is 9.37 Å². The number of carbonyl (C=O) groups excluding carboxylic acids is 1. The number of aromatic nitrogens is 3. The lowest BCUT2D eigenvalue weighted by atomic mass is 10.2. The Balaban J connectivity index is 1.63. The van der Waals surface area contributed by atoms with Crippen molar-refractivity contribution in [2.75, 3.05) is 13.1 Å². The van der Waals surface area contributed by atoms with Crippen LogP contribution >= 0.6 is 11.6 Å². The molecule has 8 heteroatoms. The second kappa shape index (κ2) is 6.10. The summed E-state index contributed by atoms with van der Waals surface area (Å²) in [4.78, 5) is 15.4. The first-order valence-corrected chi connectivity index (χ1v) is 6.22. The maximum Gasteiger partial charge on any atom is 0.242 e. The normalized spacial score (nSPS) is 23.2. The van der Waals surface area contributed by atoms with E-state index >= 15 is 0 Å². The zero-order valence-electron chi connectivity index (χ0n) is 9.75. The van der Waals surface area contributed by atoms with Crippen molar-refractivity contribution in [2.45, 2.75) is 31.5 Å². The molecule has 6 nitrogen and oxygen atoms in total. The number of carbonyl (C=O) groups is 1. The van der Waals surface area contributed by atoms with Crippen LogP contribution in [0.2, 0.25) is 5.28 Å². The van der Waals surface area contributed by atoms with Gasteiger partial charge in [0.15, 0.2) is 0 Å². The molecule has 0 radical (unpaired) electrons. The maximum atomic E-state index is 12.9. The number of amides is 1. The molecule has 18 heavy (non-hydrogen) atoms. The van der Waals surface area contributed by atoms with Crippen molar-refractivity contribution < 1.29 is 9.18 Å². The van der Waals surface area contributed by atoms with Crippen molar-refractivity contribution >= 4 is 17.5 Å². The summed E-state index contributed by atoms with van der Waals surface area (Å²) in [5, 5.41) is 12.2. The third kappa shape index (κ3) is 3.92. The molecule has 2 atom stereocenters. The summed E-state index contributed by atoms with van der Waals surface area (Å²) in [6.45, 7) is 0.827. The molecule has 2 heterocycles. The van der Waals surface area contributed by atoms with Gasteiger partial charge in [-0.3, -0.25) is 9.89 Å². The Labute approximate surface area is 109 Å². The lowest BCUT2D eigenvalue weighted by Gasteiger charge is -2.10. The standard InChI is InChI=1S/C10H15ClFN5O/c11-10-15-8(16-17-10)1-2-9(18)14-5-7-3-6(12)4-13-7/h6-7,13H,1-5H2,(H,14,18)(H,15,16,17)/t6-,7-/m0/s1. The van der Waals surface area contributed by atoms with Gasteiger partial charge >= 0.3 is 0 Å². The summed E-state index contributed by atoms with van der Waals surface area (Å²) in [5.41, 5.74) is 0. The molecule has 2 rings (SSSR count). The number of nitrogens with one attached hydrogen (secondary N) is 3. The topological polar surface area (TPSA) is 82.7 Å². The Morgan fingerprint density at radius 2 is 2.44 bits per heavy atom. The first-order chi connectivity index (χ1) is 8.63. The van der Waals surface area contributed by atoms with Crippen LogP contribution in [0.1, 0.15) is 18.7 Å². The SMILES string of the molecule is O=C(CCc1nc(Cl)n[nH]1)NC[C@@H]1C[C@H](F)CN1. The van der Waals surface area contributed by atoms with Crippen LogP contribution in [0.15, 0.2) is 0 Å². The number of hydrogen-bond acceptors (Lipinski definition) is 4. The number of H-pyrrole nitrogens is 1. The Bertz CT molecular complexity index is 413. The number of halogens is 2. The Hall–Kier alpha value is -1.21. The van der Waals surface area contributed by atoms with Crippen molar-refractivity contribution in [2.24, 2.45) is 0 Å². The van der Waals surface area contributed by atoms with Gasteiger partial charge in [0, 0.05) is 32.0 Å². The van der Waals surface area contributed by atoms with Crippen molar-refractivity contribution in [3.63, 3.8) is 0 Å². The van der Waals surface area contributed by atoms with Gasteiger partial charge in [-0.1, -0.05) is 0 Å². The van der Waals surface area contributed by atoms with Gasteiger partial charge in [-0.05, 0) is 18.0 Å². The smallest absolute Gasteiger partial charge is 0.242 e. The van der Waals surface area contributed by atoms with Gasteiger partial charge in [0.2, 0.25) is 11.2 Å². The number of hydrogen-bond donors (Lipinski definition) is 3. The molecular weight excluding hydrogens is 261 g/mol. The third-order valence-electron chi connectivity index (χ3n) is 2.81. The zero-order valence-corrected chi connectivity index (χ0v) is 10.5. The van der Waals surface area contributed by atoms with Crippen LogP contribution in [0.5, 0.6) is 0 Å². The Kier molecular flexibility index (Phi) is 4.48. The minimum Gasteiger partial charge on any atom is -0.355 e. The first kappa shape index (κ1) is 13.2. The number of alkyl halides is 1. The predicted molar refractivity (Wildman–Crippen MR) is 64.0 cm³/mol. The number of nitrogens with zero attached hydrogens (tertiary/aromatic N) is 2. The molecule has 0 spiro atoms. The van der Waals surface area contributed by atoms with Crippen LogP contribution in [-0.4, -0.2) is 46.4 Å². The molecule has 1 amide bonds. The summed E-state index contributed by atoms with van der Waals surface area (Å²) in [6, 6.07) is 0.0312. The van der Waals surface area contributed by atoms with Crippen LogP contribution < -0.4 is 10.6 Å². The van der Waals surface area contributed by atoms with Gasteiger partial charge in [0.25, 0.3) is 0 Å². The van der Waals surface area contributed by atoms with E-state index in [1.165, 1.54) is 0 Å². The average Bonchev–Trinajstić information content (AvgIpc) is 2.93. The van der Waals surface area contributed by atoms with Crippen LogP contribution in [0.4, 0.5) is 4.39 Å². The Morgan fingerprint density at radius 3 is 3.06 bits per heavy atom. The number of aromatic amines is 1. The maximum absolute atomic E-state index is 12.9. The van der Waals surface area contributed by atoms with E-state index in [0.29, 0.717) is 38.2 Å². The van der Waals surface area contributed by atoms with Gasteiger partial charge in [-0.2, -0.15) is 0 Å². The summed E-state index contributed by atoms with van der Waals surface area (Å²) < 4.78 is 12.9. The van der Waals surface area contributed by atoms with Crippen LogP contribution in [0, 0.1) is 0 Å². The molecule has 0 aromatic carbocycles. The van der Waals surface area contributed by atoms with Crippen LogP contribution in [-0.2, 0) is 11.2 Å². The van der Waals surface area contributed by atoms with Gasteiger partial charge < -0.3 is 10.6 Å². The molecule has 0 unspecified atom stereocenters. The van der Waals surface area contributed by atoms with Gasteiger partial charge in [0.1, 0.15) is 12.0 Å². The minimum absolute atomic E-state index is 0.0312. The van der Waals surface area contributed by atoms with Crippen molar-refractivity contribution in [3.8, 4) is 0 Å². The Morgan fingerprint density at radius 1 is 1.61 bits per heavy atom. The van der Waals surface area contributed by atoms with Crippen LogP contribution in [0.25, 0.3) is 0 Å². The summed E-state index contributed by atoms with van der Waals surface area (Å²) >= 11 is 5.54. The second-order valence-electron chi connectivity index (χ2n) is 4.29. The minimum atomic E-state index is -0.803. The number of rotatable bonds is 5. The summed E-state index contributed by atoms with van der Waals surface area (Å²) in [6.07, 6.45) is 0.410. The molecule has 1 aromatic rings. The molecule has 0 saturated carbocycles. The highest BCUT2D eigenvalue weighted by molar-refractivity contribution is 6.28. The van der Waals surface area contributed by atoms with Crippen molar-refractivity contribution in [1.29, 1.82) is 0 Å². The van der Waals surface area contributed by atoms with Crippen LogP contribution in [0.3, 0.4) is 0 Å².